The molecule has 0 aliphatic carbocycles. The summed E-state index contributed by atoms with van der Waals surface area (Å²) in [5, 5.41) is 3.10. The van der Waals surface area contributed by atoms with E-state index in [1.54, 1.807) is 17.5 Å². The van der Waals surface area contributed by atoms with Crippen molar-refractivity contribution in [2.45, 2.75) is 18.9 Å². The molecule has 0 bridgehead atoms. The van der Waals surface area contributed by atoms with Crippen molar-refractivity contribution in [3.63, 3.8) is 0 Å². The van der Waals surface area contributed by atoms with Gasteiger partial charge in [0, 0.05) is 36.4 Å². The third-order valence-electron chi connectivity index (χ3n) is 4.85. The van der Waals surface area contributed by atoms with Gasteiger partial charge in [0.15, 0.2) is 0 Å². The molecule has 1 unspecified atom stereocenters. The molecular weight excluding hydrogens is 382 g/mol. The van der Waals surface area contributed by atoms with Crippen LogP contribution in [0.5, 0.6) is 0 Å². The maximum Gasteiger partial charge on any atom is 0.338 e. The Labute approximate surface area is 173 Å². The molecule has 146 valence electrons. The second-order valence-electron chi connectivity index (χ2n) is 6.77. The first kappa shape index (κ1) is 19.1. The number of imidazole rings is 1. The number of methoxy groups -OCH3 is 1. The topological polar surface area (TPSA) is 57.0 Å². The molecule has 0 saturated carbocycles. The van der Waals surface area contributed by atoms with Crippen LogP contribution in [-0.4, -0.2) is 27.6 Å². The minimum absolute atomic E-state index is 0.219. The molecule has 29 heavy (non-hydrogen) atoms. The van der Waals surface area contributed by atoms with Crippen LogP contribution in [0.3, 0.4) is 0 Å². The van der Waals surface area contributed by atoms with Gasteiger partial charge < -0.3 is 9.30 Å². The van der Waals surface area contributed by atoms with Crippen LogP contribution >= 0.6 is 11.3 Å². The molecule has 2 aromatic carbocycles. The number of nitrogens with zero attached hydrogens (tertiary/aromatic N) is 3. The van der Waals surface area contributed by atoms with Crippen molar-refractivity contribution in [2.75, 3.05) is 7.11 Å². The van der Waals surface area contributed by atoms with Crippen molar-refractivity contribution in [3.05, 3.63) is 95.0 Å². The average molecular weight is 404 g/mol. The SMILES string of the molecule is COC(=O)c1ccc(CC(Cn2ccnc2)c2nccs2)cc1-c1ccccc1. The largest absolute Gasteiger partial charge is 0.465 e. The summed E-state index contributed by atoms with van der Waals surface area (Å²) < 4.78 is 7.07. The maximum atomic E-state index is 12.3. The summed E-state index contributed by atoms with van der Waals surface area (Å²) in [5.41, 5.74) is 3.60. The molecule has 2 aromatic heterocycles. The predicted molar refractivity (Wildman–Crippen MR) is 114 cm³/mol. The smallest absolute Gasteiger partial charge is 0.338 e. The summed E-state index contributed by atoms with van der Waals surface area (Å²) in [6.45, 7) is 0.799. The first-order chi connectivity index (χ1) is 14.2. The van der Waals surface area contributed by atoms with Gasteiger partial charge >= 0.3 is 5.97 Å². The highest BCUT2D eigenvalue weighted by Gasteiger charge is 2.19. The molecule has 0 spiro atoms. The summed E-state index contributed by atoms with van der Waals surface area (Å²) in [6.07, 6.45) is 8.24. The fourth-order valence-electron chi connectivity index (χ4n) is 3.46. The number of hydrogen-bond donors (Lipinski definition) is 0. The van der Waals surface area contributed by atoms with E-state index in [1.165, 1.54) is 7.11 Å². The van der Waals surface area contributed by atoms with E-state index < -0.39 is 0 Å². The minimum Gasteiger partial charge on any atom is -0.465 e. The third-order valence-corrected chi connectivity index (χ3v) is 5.79. The Morgan fingerprint density at radius 3 is 2.72 bits per heavy atom. The van der Waals surface area contributed by atoms with E-state index >= 15 is 0 Å². The zero-order chi connectivity index (χ0) is 20.1. The van der Waals surface area contributed by atoms with Crippen LogP contribution < -0.4 is 0 Å². The number of benzene rings is 2. The Morgan fingerprint density at radius 1 is 1.17 bits per heavy atom. The van der Waals surface area contributed by atoms with Crippen molar-refractivity contribution in [1.29, 1.82) is 0 Å². The van der Waals surface area contributed by atoms with Gasteiger partial charge in [-0.25, -0.2) is 14.8 Å². The molecule has 0 saturated heterocycles. The molecule has 6 heteroatoms. The van der Waals surface area contributed by atoms with Gasteiger partial charge in [-0.2, -0.15) is 0 Å². The number of ether oxygens (including phenoxy) is 1. The van der Waals surface area contributed by atoms with Gasteiger partial charge in [-0.1, -0.05) is 42.5 Å². The Bertz CT molecular complexity index is 1060. The number of esters is 1. The fourth-order valence-corrected chi connectivity index (χ4v) is 4.20. The lowest BCUT2D eigenvalue weighted by atomic mass is 9.93. The summed E-state index contributed by atoms with van der Waals surface area (Å²) in [5.74, 6) is -0.109. The molecule has 0 aliphatic rings. The molecule has 0 radical (unpaired) electrons. The lowest BCUT2D eigenvalue weighted by Crippen LogP contribution is -2.11. The molecule has 0 amide bonds. The summed E-state index contributed by atoms with van der Waals surface area (Å²) in [7, 11) is 1.41. The van der Waals surface area contributed by atoms with E-state index in [9.17, 15) is 4.79 Å². The Balaban J connectivity index is 1.69. The van der Waals surface area contributed by atoms with Gasteiger partial charge in [-0.15, -0.1) is 11.3 Å². The summed E-state index contributed by atoms with van der Waals surface area (Å²) >= 11 is 1.67. The van der Waals surface area contributed by atoms with Crippen molar-refractivity contribution in [2.24, 2.45) is 0 Å². The zero-order valence-corrected chi connectivity index (χ0v) is 16.9. The lowest BCUT2D eigenvalue weighted by molar-refractivity contribution is 0.0601. The van der Waals surface area contributed by atoms with E-state index in [0.29, 0.717) is 5.56 Å². The minimum atomic E-state index is -0.328. The number of rotatable bonds is 7. The highest BCUT2D eigenvalue weighted by molar-refractivity contribution is 7.09. The molecule has 2 heterocycles. The number of carbonyl (C=O) groups is 1. The second kappa shape index (κ2) is 8.84. The highest BCUT2D eigenvalue weighted by Crippen LogP contribution is 2.30. The van der Waals surface area contributed by atoms with E-state index in [-0.39, 0.29) is 11.9 Å². The van der Waals surface area contributed by atoms with Crippen LogP contribution in [0.4, 0.5) is 0 Å². The molecular formula is C23H21N3O2S. The molecule has 0 aliphatic heterocycles. The molecule has 5 nitrogen and oxygen atoms in total. The third kappa shape index (κ3) is 4.43. The normalized spacial score (nSPS) is 11.9. The standard InChI is InChI=1S/C23H21N3O2S/c1-28-23(27)20-8-7-17(14-21(20)18-5-3-2-4-6-18)13-19(22-25-10-12-29-22)15-26-11-9-24-16-26/h2-12,14,16,19H,13,15H2,1H3. The van der Waals surface area contributed by atoms with Gasteiger partial charge in [-0.3, -0.25) is 0 Å². The van der Waals surface area contributed by atoms with Crippen molar-refractivity contribution >= 4 is 17.3 Å². The molecule has 0 N–H and O–H groups in total. The monoisotopic (exact) mass is 403 g/mol. The number of hydrogen-bond acceptors (Lipinski definition) is 5. The summed E-state index contributed by atoms with van der Waals surface area (Å²) in [6, 6.07) is 15.9. The molecule has 1 atom stereocenters. The Kier molecular flexibility index (Phi) is 5.81. The maximum absolute atomic E-state index is 12.3. The predicted octanol–water partition coefficient (Wildman–Crippen LogP) is 4.82. The lowest BCUT2D eigenvalue weighted by Gasteiger charge is -2.17. The second-order valence-corrected chi connectivity index (χ2v) is 7.69. The highest BCUT2D eigenvalue weighted by atomic mass is 32.1. The van der Waals surface area contributed by atoms with Crippen LogP contribution in [0, 0.1) is 0 Å². The Hall–Kier alpha value is -3.25. The quantitative estimate of drug-likeness (QED) is 0.415. The van der Waals surface area contributed by atoms with E-state index in [0.717, 1.165) is 34.7 Å². The van der Waals surface area contributed by atoms with Crippen LogP contribution in [0.15, 0.2) is 78.8 Å². The Morgan fingerprint density at radius 2 is 2.03 bits per heavy atom. The fraction of sp³-hybridized carbons (Fsp3) is 0.174. The van der Waals surface area contributed by atoms with Gasteiger partial charge in [0.05, 0.1) is 24.0 Å². The number of thiazole rings is 1. The molecule has 0 fully saturated rings. The zero-order valence-electron chi connectivity index (χ0n) is 16.1. The van der Waals surface area contributed by atoms with Crippen LogP contribution in [0.1, 0.15) is 26.8 Å². The van der Waals surface area contributed by atoms with Crippen molar-refractivity contribution in [1.82, 2.24) is 14.5 Å². The van der Waals surface area contributed by atoms with E-state index in [1.807, 2.05) is 66.6 Å². The molecule has 4 rings (SSSR count). The van der Waals surface area contributed by atoms with Gasteiger partial charge in [0.1, 0.15) is 0 Å². The van der Waals surface area contributed by atoms with Gasteiger partial charge in [-0.05, 0) is 29.2 Å². The molecule has 4 aromatic rings. The average Bonchev–Trinajstić information content (AvgIpc) is 3.47. The van der Waals surface area contributed by atoms with E-state index in [4.69, 9.17) is 4.74 Å². The summed E-state index contributed by atoms with van der Waals surface area (Å²) in [4.78, 5) is 21.0. The van der Waals surface area contributed by atoms with Crippen molar-refractivity contribution < 1.29 is 9.53 Å². The number of carbonyl (C=O) groups excluding carboxylic acids is 1. The number of aromatic nitrogens is 3. The first-order valence-electron chi connectivity index (χ1n) is 9.36. The first-order valence-corrected chi connectivity index (χ1v) is 10.2. The van der Waals surface area contributed by atoms with Gasteiger partial charge in [0.2, 0.25) is 0 Å². The van der Waals surface area contributed by atoms with E-state index in [2.05, 4.69) is 20.6 Å². The van der Waals surface area contributed by atoms with Gasteiger partial charge in [0.25, 0.3) is 0 Å². The van der Waals surface area contributed by atoms with Crippen LogP contribution in [0.25, 0.3) is 11.1 Å². The van der Waals surface area contributed by atoms with Crippen LogP contribution in [0.2, 0.25) is 0 Å². The van der Waals surface area contributed by atoms with Crippen molar-refractivity contribution in [3.8, 4) is 11.1 Å². The van der Waals surface area contributed by atoms with Crippen LogP contribution in [-0.2, 0) is 17.7 Å².